The van der Waals surface area contributed by atoms with Crippen LogP contribution in [0.2, 0.25) is 0 Å². The zero-order chi connectivity index (χ0) is 11.4. The smallest absolute Gasteiger partial charge is 0.242 e. The van der Waals surface area contributed by atoms with Gasteiger partial charge >= 0.3 is 0 Å². The van der Waals surface area contributed by atoms with Crippen molar-refractivity contribution in [1.82, 2.24) is 10.2 Å². The highest BCUT2D eigenvalue weighted by Crippen LogP contribution is 2.17. The van der Waals surface area contributed by atoms with E-state index in [4.69, 9.17) is 10.8 Å². The molecule has 0 aromatic carbocycles. The van der Waals surface area contributed by atoms with Gasteiger partial charge in [0.1, 0.15) is 12.1 Å². The molecule has 0 aromatic rings. The van der Waals surface area contributed by atoms with Gasteiger partial charge in [0.15, 0.2) is 0 Å². The van der Waals surface area contributed by atoms with Crippen LogP contribution >= 0.6 is 0 Å². The molecular formula is C9H17N3O3. The molecule has 0 aromatic heterocycles. The maximum atomic E-state index is 11.8. The van der Waals surface area contributed by atoms with E-state index >= 15 is 0 Å². The second kappa shape index (κ2) is 5.09. The van der Waals surface area contributed by atoms with E-state index < -0.39 is 18.0 Å². The Morgan fingerprint density at radius 3 is 2.80 bits per heavy atom. The van der Waals surface area contributed by atoms with E-state index in [1.807, 2.05) is 0 Å². The summed E-state index contributed by atoms with van der Waals surface area (Å²) in [6.45, 7) is 0.252. The average Bonchev–Trinajstić information content (AvgIpc) is 2.67. The van der Waals surface area contributed by atoms with Crippen LogP contribution < -0.4 is 11.1 Å². The minimum atomic E-state index is -0.648. The summed E-state index contributed by atoms with van der Waals surface area (Å²) in [5, 5.41) is 11.7. The molecule has 6 heteroatoms. The van der Waals surface area contributed by atoms with Gasteiger partial charge in [-0.1, -0.05) is 0 Å². The second-order valence-corrected chi connectivity index (χ2v) is 3.62. The summed E-state index contributed by atoms with van der Waals surface area (Å²) in [7, 11) is 1.59. The first kappa shape index (κ1) is 11.9. The van der Waals surface area contributed by atoms with Gasteiger partial charge in [-0.2, -0.15) is 0 Å². The number of rotatable bonds is 4. The quantitative estimate of drug-likeness (QED) is 0.507. The number of likely N-dealkylation sites (N-methyl/N-ethyl adjacent to an activating group) is 1. The lowest BCUT2D eigenvalue weighted by molar-refractivity contribution is -0.139. The van der Waals surface area contributed by atoms with Crippen LogP contribution in [0.15, 0.2) is 0 Å². The molecule has 1 heterocycles. The molecule has 2 atom stereocenters. The first-order chi connectivity index (χ1) is 7.11. The Hall–Kier alpha value is -1.14. The molecule has 1 rings (SSSR count). The third-order valence-electron chi connectivity index (χ3n) is 2.69. The van der Waals surface area contributed by atoms with Crippen LogP contribution in [0.4, 0.5) is 0 Å². The van der Waals surface area contributed by atoms with Crippen LogP contribution in [0.25, 0.3) is 0 Å². The largest absolute Gasteiger partial charge is 0.394 e. The molecule has 1 fully saturated rings. The van der Waals surface area contributed by atoms with Crippen molar-refractivity contribution in [3.05, 3.63) is 0 Å². The number of nitrogens with two attached hydrogens (primary N) is 1. The Kier molecular flexibility index (Phi) is 4.05. The third-order valence-corrected chi connectivity index (χ3v) is 2.69. The lowest BCUT2D eigenvalue weighted by atomic mass is 10.2. The standard InChI is InChI=1S/C9H17N3O3/c1-11-6(5-13)9(15)12-4-2-3-7(12)8(10)14/h6-7,11,13H,2-5H2,1H3,(H2,10,14). The summed E-state index contributed by atoms with van der Waals surface area (Å²) < 4.78 is 0. The molecule has 2 amide bonds. The SMILES string of the molecule is CNC(CO)C(=O)N1CCCC1C(N)=O. The Morgan fingerprint density at radius 2 is 2.33 bits per heavy atom. The maximum absolute atomic E-state index is 11.8. The van der Waals surface area contributed by atoms with Gasteiger partial charge in [-0.15, -0.1) is 0 Å². The summed E-state index contributed by atoms with van der Waals surface area (Å²) in [6, 6.07) is -1.16. The molecule has 86 valence electrons. The highest BCUT2D eigenvalue weighted by Gasteiger charge is 2.35. The lowest BCUT2D eigenvalue weighted by Gasteiger charge is -2.25. The molecule has 1 aliphatic rings. The zero-order valence-corrected chi connectivity index (χ0v) is 8.77. The predicted octanol–water partition coefficient (Wildman–Crippen LogP) is -1.96. The Balaban J connectivity index is 2.69. The molecule has 0 spiro atoms. The molecule has 0 radical (unpaired) electrons. The van der Waals surface area contributed by atoms with Gasteiger partial charge in [-0.05, 0) is 19.9 Å². The van der Waals surface area contributed by atoms with E-state index in [9.17, 15) is 9.59 Å². The minimum Gasteiger partial charge on any atom is -0.394 e. The van der Waals surface area contributed by atoms with E-state index in [1.165, 1.54) is 4.90 Å². The van der Waals surface area contributed by atoms with Gasteiger partial charge in [-0.3, -0.25) is 9.59 Å². The van der Waals surface area contributed by atoms with Gasteiger partial charge in [0, 0.05) is 6.54 Å². The van der Waals surface area contributed by atoms with Crippen molar-refractivity contribution < 1.29 is 14.7 Å². The molecule has 2 unspecified atom stereocenters. The van der Waals surface area contributed by atoms with Crippen LogP contribution in [0.5, 0.6) is 0 Å². The molecule has 1 saturated heterocycles. The monoisotopic (exact) mass is 215 g/mol. The number of aliphatic hydroxyl groups is 1. The van der Waals surface area contributed by atoms with E-state index in [0.29, 0.717) is 13.0 Å². The zero-order valence-electron chi connectivity index (χ0n) is 8.77. The number of carbonyl (C=O) groups is 2. The molecule has 0 bridgehead atoms. The van der Waals surface area contributed by atoms with Crippen LogP contribution in [0.3, 0.4) is 0 Å². The van der Waals surface area contributed by atoms with Crippen LogP contribution in [-0.4, -0.2) is 54.1 Å². The van der Waals surface area contributed by atoms with Crippen molar-refractivity contribution >= 4 is 11.8 Å². The average molecular weight is 215 g/mol. The van der Waals surface area contributed by atoms with Crippen molar-refractivity contribution in [1.29, 1.82) is 0 Å². The first-order valence-electron chi connectivity index (χ1n) is 4.99. The number of carbonyl (C=O) groups excluding carboxylic acids is 2. The maximum Gasteiger partial charge on any atom is 0.242 e. The van der Waals surface area contributed by atoms with Gasteiger partial charge in [0.05, 0.1) is 6.61 Å². The Labute approximate surface area is 88.4 Å². The third kappa shape index (κ3) is 2.45. The van der Waals surface area contributed by atoms with Crippen LogP contribution in [-0.2, 0) is 9.59 Å². The molecule has 15 heavy (non-hydrogen) atoms. The predicted molar refractivity (Wildman–Crippen MR) is 53.9 cm³/mol. The van der Waals surface area contributed by atoms with E-state index in [2.05, 4.69) is 5.32 Å². The first-order valence-corrected chi connectivity index (χ1v) is 4.99. The van der Waals surface area contributed by atoms with E-state index in [-0.39, 0.29) is 12.5 Å². The molecule has 1 aliphatic heterocycles. The summed E-state index contributed by atoms with van der Waals surface area (Å²) >= 11 is 0. The number of amides is 2. The fourth-order valence-electron chi connectivity index (χ4n) is 1.82. The van der Waals surface area contributed by atoms with Crippen molar-refractivity contribution in [2.24, 2.45) is 5.73 Å². The minimum absolute atomic E-state index is 0.263. The van der Waals surface area contributed by atoms with Crippen molar-refractivity contribution in [2.75, 3.05) is 20.2 Å². The van der Waals surface area contributed by atoms with Gasteiger partial charge in [0.25, 0.3) is 0 Å². The summed E-state index contributed by atoms with van der Waals surface area (Å²) in [5.41, 5.74) is 5.19. The van der Waals surface area contributed by atoms with Gasteiger partial charge in [0.2, 0.25) is 11.8 Å². The Morgan fingerprint density at radius 1 is 1.67 bits per heavy atom. The van der Waals surface area contributed by atoms with Crippen molar-refractivity contribution in [3.63, 3.8) is 0 Å². The van der Waals surface area contributed by atoms with Gasteiger partial charge in [-0.25, -0.2) is 0 Å². The normalized spacial score (nSPS) is 22.8. The fourth-order valence-corrected chi connectivity index (χ4v) is 1.82. The molecule has 4 N–H and O–H groups in total. The number of likely N-dealkylation sites (tertiary alicyclic amines) is 1. The van der Waals surface area contributed by atoms with Crippen molar-refractivity contribution in [3.8, 4) is 0 Å². The Bertz CT molecular complexity index is 253. The summed E-state index contributed by atoms with van der Waals surface area (Å²) in [5.74, 6) is -0.741. The van der Waals surface area contributed by atoms with Crippen molar-refractivity contribution in [2.45, 2.75) is 24.9 Å². The highest BCUT2D eigenvalue weighted by molar-refractivity contribution is 5.89. The molecular weight excluding hydrogens is 198 g/mol. The summed E-state index contributed by atoms with van der Waals surface area (Å²) in [6.07, 6.45) is 1.39. The number of nitrogens with one attached hydrogen (secondary N) is 1. The highest BCUT2D eigenvalue weighted by atomic mass is 16.3. The number of primary amides is 1. The topological polar surface area (TPSA) is 95.7 Å². The molecule has 6 nitrogen and oxygen atoms in total. The molecule has 0 aliphatic carbocycles. The van der Waals surface area contributed by atoms with E-state index in [0.717, 1.165) is 6.42 Å². The van der Waals surface area contributed by atoms with Crippen LogP contribution in [0.1, 0.15) is 12.8 Å². The summed E-state index contributed by atoms with van der Waals surface area (Å²) in [4.78, 5) is 24.3. The van der Waals surface area contributed by atoms with Gasteiger partial charge < -0.3 is 21.1 Å². The number of hydrogen-bond acceptors (Lipinski definition) is 4. The lowest BCUT2D eigenvalue weighted by Crippen LogP contribution is -2.52. The number of nitrogens with zero attached hydrogens (tertiary/aromatic N) is 1. The number of hydrogen-bond donors (Lipinski definition) is 3. The fraction of sp³-hybridized carbons (Fsp3) is 0.778. The van der Waals surface area contributed by atoms with Crippen LogP contribution in [0, 0.1) is 0 Å². The second-order valence-electron chi connectivity index (χ2n) is 3.62. The van der Waals surface area contributed by atoms with E-state index in [1.54, 1.807) is 7.05 Å². The number of aliphatic hydroxyl groups excluding tert-OH is 1. The molecule has 0 saturated carbocycles.